The van der Waals surface area contributed by atoms with Crippen LogP contribution in [0.4, 0.5) is 34.1 Å². The van der Waals surface area contributed by atoms with Crippen molar-refractivity contribution >= 4 is 51.7 Å². The van der Waals surface area contributed by atoms with E-state index in [2.05, 4.69) is 52.8 Å². The second-order valence-corrected chi connectivity index (χ2v) is 8.78. The lowest BCUT2D eigenvalue weighted by atomic mass is 10.1. The number of methoxy groups -OCH3 is 1. The molecule has 0 fully saturated rings. The Bertz CT molecular complexity index is 1290. The van der Waals surface area contributed by atoms with Crippen molar-refractivity contribution in [1.29, 1.82) is 0 Å². The highest BCUT2D eigenvalue weighted by atomic mass is 35.5. The molecule has 0 aliphatic rings. The van der Waals surface area contributed by atoms with Gasteiger partial charge in [0.2, 0.25) is 0 Å². The molecule has 0 atom stereocenters. The molecule has 2 N–H and O–H groups in total. The summed E-state index contributed by atoms with van der Waals surface area (Å²) >= 11 is 6.70. The molecule has 0 heterocycles. The number of para-hydroxylation sites is 2. The monoisotopic (exact) mass is 499 g/mol. The largest absolute Gasteiger partial charge is 0.465 e. The number of rotatable bonds is 10. The average Bonchev–Trinajstić information content (AvgIpc) is 2.92. The van der Waals surface area contributed by atoms with E-state index in [1.165, 1.54) is 7.11 Å². The Morgan fingerprint density at radius 1 is 0.806 bits per heavy atom. The number of carbonyl (C=O) groups excluding carboxylic acids is 1. The van der Waals surface area contributed by atoms with E-state index in [4.69, 9.17) is 16.3 Å². The van der Waals surface area contributed by atoms with Gasteiger partial charge in [0.1, 0.15) is 0 Å². The minimum Gasteiger partial charge on any atom is -0.465 e. The van der Waals surface area contributed by atoms with E-state index in [0.717, 1.165) is 47.8 Å². The summed E-state index contributed by atoms with van der Waals surface area (Å²) in [5.41, 5.74) is 5.98. The maximum Gasteiger partial charge on any atom is 0.339 e. The molecule has 4 rings (SSSR count). The first-order valence-electron chi connectivity index (χ1n) is 12.0. The van der Waals surface area contributed by atoms with Gasteiger partial charge in [0.25, 0.3) is 0 Å². The Balaban J connectivity index is 1.48. The number of nitrogens with one attached hydrogen (secondary N) is 2. The van der Waals surface area contributed by atoms with E-state index in [0.29, 0.717) is 16.3 Å². The van der Waals surface area contributed by atoms with Crippen LogP contribution >= 0.6 is 11.6 Å². The molecule has 0 saturated heterocycles. The van der Waals surface area contributed by atoms with Crippen molar-refractivity contribution in [1.82, 2.24) is 0 Å². The van der Waals surface area contributed by atoms with Gasteiger partial charge in [-0.2, -0.15) is 0 Å². The van der Waals surface area contributed by atoms with Crippen LogP contribution in [0.3, 0.4) is 0 Å². The van der Waals surface area contributed by atoms with Crippen molar-refractivity contribution in [2.45, 2.75) is 19.8 Å². The fraction of sp³-hybridized carbons (Fsp3) is 0.167. The summed E-state index contributed by atoms with van der Waals surface area (Å²) in [5, 5.41) is 7.33. The molecular weight excluding hydrogens is 470 g/mol. The zero-order chi connectivity index (χ0) is 25.3. The SMILES string of the molecule is CCCCN(c1ccccc1)c1ccc(Nc2ccc(Nc3ccccc3C(=O)OC)cc2)c(Cl)c1. The Labute approximate surface area is 217 Å². The van der Waals surface area contributed by atoms with Gasteiger partial charge in [-0.25, -0.2) is 4.79 Å². The second kappa shape index (κ2) is 12.1. The minimum atomic E-state index is -0.380. The van der Waals surface area contributed by atoms with Gasteiger partial charge in [-0.15, -0.1) is 0 Å². The van der Waals surface area contributed by atoms with Crippen molar-refractivity contribution in [3.63, 3.8) is 0 Å². The lowest BCUT2D eigenvalue weighted by Gasteiger charge is -2.25. The van der Waals surface area contributed by atoms with Gasteiger partial charge in [-0.05, 0) is 73.2 Å². The number of anilines is 6. The highest BCUT2D eigenvalue weighted by molar-refractivity contribution is 6.33. The lowest BCUT2D eigenvalue weighted by molar-refractivity contribution is 0.0602. The molecule has 0 unspecified atom stereocenters. The smallest absolute Gasteiger partial charge is 0.339 e. The minimum absolute atomic E-state index is 0.380. The number of carbonyl (C=O) groups is 1. The Hall–Kier alpha value is -3.96. The normalized spacial score (nSPS) is 10.5. The van der Waals surface area contributed by atoms with Crippen LogP contribution in [0.15, 0.2) is 97.1 Å². The molecule has 36 heavy (non-hydrogen) atoms. The van der Waals surface area contributed by atoms with Gasteiger partial charge in [0.15, 0.2) is 0 Å². The van der Waals surface area contributed by atoms with Crippen LogP contribution in [0.25, 0.3) is 0 Å². The molecule has 0 bridgehead atoms. The molecule has 5 nitrogen and oxygen atoms in total. The van der Waals surface area contributed by atoms with Crippen LogP contribution in [-0.4, -0.2) is 19.6 Å². The Kier molecular flexibility index (Phi) is 8.48. The first kappa shape index (κ1) is 25.1. The number of benzene rings is 4. The molecule has 4 aromatic carbocycles. The summed E-state index contributed by atoms with van der Waals surface area (Å²) in [7, 11) is 1.38. The molecule has 4 aromatic rings. The molecule has 0 aromatic heterocycles. The molecule has 6 heteroatoms. The van der Waals surface area contributed by atoms with Crippen LogP contribution in [0.2, 0.25) is 5.02 Å². The fourth-order valence-corrected chi connectivity index (χ4v) is 4.15. The third-order valence-corrected chi connectivity index (χ3v) is 6.16. The predicted molar refractivity (Wildman–Crippen MR) is 151 cm³/mol. The zero-order valence-electron chi connectivity index (χ0n) is 20.5. The van der Waals surface area contributed by atoms with Crippen LogP contribution in [-0.2, 0) is 4.74 Å². The molecular formula is C30H30ClN3O2. The van der Waals surface area contributed by atoms with Crippen molar-refractivity contribution in [2.75, 3.05) is 29.2 Å². The Morgan fingerprint density at radius 3 is 2.08 bits per heavy atom. The molecule has 0 aliphatic heterocycles. The summed E-state index contributed by atoms with van der Waals surface area (Å²) in [6.45, 7) is 3.12. The molecule has 0 spiro atoms. The number of nitrogens with zero attached hydrogens (tertiary/aromatic N) is 1. The van der Waals surface area contributed by atoms with Gasteiger partial charge in [-0.3, -0.25) is 0 Å². The summed E-state index contributed by atoms with van der Waals surface area (Å²) in [6.07, 6.45) is 2.22. The third-order valence-electron chi connectivity index (χ3n) is 5.84. The third kappa shape index (κ3) is 6.18. The van der Waals surface area contributed by atoms with Crippen LogP contribution in [0, 0.1) is 0 Å². The summed E-state index contributed by atoms with van der Waals surface area (Å²) in [6, 6.07) is 31.6. The van der Waals surface area contributed by atoms with Crippen LogP contribution in [0.1, 0.15) is 30.1 Å². The number of hydrogen-bond acceptors (Lipinski definition) is 5. The number of halogens is 1. The topological polar surface area (TPSA) is 53.6 Å². The Morgan fingerprint density at radius 2 is 1.44 bits per heavy atom. The van der Waals surface area contributed by atoms with Crippen molar-refractivity contribution in [2.24, 2.45) is 0 Å². The second-order valence-electron chi connectivity index (χ2n) is 8.37. The van der Waals surface area contributed by atoms with E-state index in [1.54, 1.807) is 6.07 Å². The van der Waals surface area contributed by atoms with Crippen LogP contribution in [0.5, 0.6) is 0 Å². The number of ether oxygens (including phenoxy) is 1. The summed E-state index contributed by atoms with van der Waals surface area (Å²) < 4.78 is 4.87. The number of unbranched alkanes of at least 4 members (excludes halogenated alkanes) is 1. The van der Waals surface area contributed by atoms with Gasteiger partial charge in [0.05, 0.1) is 29.1 Å². The average molecular weight is 500 g/mol. The molecule has 0 radical (unpaired) electrons. The highest BCUT2D eigenvalue weighted by Gasteiger charge is 2.13. The first-order valence-corrected chi connectivity index (χ1v) is 12.4. The zero-order valence-corrected chi connectivity index (χ0v) is 21.3. The quantitative estimate of drug-likeness (QED) is 0.214. The molecule has 0 amide bonds. The molecule has 0 aliphatic carbocycles. The van der Waals surface area contributed by atoms with Crippen molar-refractivity contribution in [3.05, 3.63) is 108 Å². The van der Waals surface area contributed by atoms with Crippen LogP contribution < -0.4 is 15.5 Å². The lowest BCUT2D eigenvalue weighted by Crippen LogP contribution is -2.18. The van der Waals surface area contributed by atoms with Gasteiger partial charge in [-0.1, -0.05) is 55.3 Å². The van der Waals surface area contributed by atoms with E-state index >= 15 is 0 Å². The standard InChI is InChI=1S/C30H30ClN3O2/c1-3-4-20-34(24-10-6-5-7-11-24)25-18-19-29(27(31)21-25)33-23-16-14-22(15-17-23)32-28-13-9-8-12-26(28)30(35)36-2/h5-19,21,32-33H,3-4,20H2,1-2H3. The van der Waals surface area contributed by atoms with E-state index < -0.39 is 0 Å². The molecule has 184 valence electrons. The van der Waals surface area contributed by atoms with E-state index in [9.17, 15) is 4.79 Å². The van der Waals surface area contributed by atoms with Gasteiger partial charge in [0, 0.05) is 29.3 Å². The fourth-order valence-electron chi connectivity index (χ4n) is 3.93. The summed E-state index contributed by atoms with van der Waals surface area (Å²) in [5.74, 6) is -0.380. The highest BCUT2D eigenvalue weighted by Crippen LogP contribution is 2.34. The van der Waals surface area contributed by atoms with Crippen molar-refractivity contribution in [3.8, 4) is 0 Å². The maximum atomic E-state index is 12.0. The molecule has 0 saturated carbocycles. The maximum absolute atomic E-state index is 12.0. The van der Waals surface area contributed by atoms with Crippen molar-refractivity contribution < 1.29 is 9.53 Å². The first-order chi connectivity index (χ1) is 17.6. The number of esters is 1. The van der Waals surface area contributed by atoms with E-state index in [1.807, 2.05) is 60.7 Å². The summed E-state index contributed by atoms with van der Waals surface area (Å²) in [4.78, 5) is 14.3. The predicted octanol–water partition coefficient (Wildman–Crippen LogP) is 8.55. The van der Waals surface area contributed by atoms with Gasteiger partial charge < -0.3 is 20.3 Å². The van der Waals surface area contributed by atoms with Gasteiger partial charge >= 0.3 is 5.97 Å². The number of hydrogen-bond donors (Lipinski definition) is 2. The van der Waals surface area contributed by atoms with E-state index in [-0.39, 0.29) is 5.97 Å².